The predicted molar refractivity (Wildman–Crippen MR) is 67.2 cm³/mol. The maximum atomic E-state index is 3.45. The first-order valence-corrected chi connectivity index (χ1v) is 6.55. The van der Waals surface area contributed by atoms with Gasteiger partial charge < -0.3 is 10.2 Å². The molecule has 0 atom stereocenters. The molecule has 0 amide bonds. The monoisotopic (exact) mass is 212 g/mol. The van der Waals surface area contributed by atoms with Gasteiger partial charge in [0.1, 0.15) is 0 Å². The van der Waals surface area contributed by atoms with Crippen LogP contribution >= 0.6 is 0 Å². The highest BCUT2D eigenvalue weighted by atomic mass is 15.1. The fourth-order valence-corrected chi connectivity index (χ4v) is 2.55. The summed E-state index contributed by atoms with van der Waals surface area (Å²) in [6.07, 6.45) is 6.75. The number of rotatable bonds is 6. The lowest BCUT2D eigenvalue weighted by molar-refractivity contribution is 0.146. The number of hydrogen-bond donors (Lipinski definition) is 1. The van der Waals surface area contributed by atoms with Gasteiger partial charge in [-0.3, -0.25) is 0 Å². The third kappa shape index (κ3) is 4.98. The SMILES string of the molecule is CCCCCN(C)CC1(C)CCNCC1. The normalized spacial score (nSPS) is 20.8. The van der Waals surface area contributed by atoms with Crippen molar-refractivity contribution in [3.63, 3.8) is 0 Å². The van der Waals surface area contributed by atoms with Crippen molar-refractivity contribution in [2.75, 3.05) is 33.2 Å². The van der Waals surface area contributed by atoms with E-state index in [1.807, 2.05) is 0 Å². The topological polar surface area (TPSA) is 15.3 Å². The molecule has 0 aliphatic carbocycles. The highest BCUT2D eigenvalue weighted by molar-refractivity contribution is 4.82. The van der Waals surface area contributed by atoms with Crippen LogP contribution in [0.15, 0.2) is 0 Å². The van der Waals surface area contributed by atoms with Gasteiger partial charge in [0.15, 0.2) is 0 Å². The van der Waals surface area contributed by atoms with Crippen molar-refractivity contribution in [1.82, 2.24) is 10.2 Å². The second kappa shape index (κ2) is 6.49. The molecule has 1 N–H and O–H groups in total. The largest absolute Gasteiger partial charge is 0.317 e. The zero-order valence-electron chi connectivity index (χ0n) is 10.8. The molecule has 90 valence electrons. The van der Waals surface area contributed by atoms with Gasteiger partial charge in [0.05, 0.1) is 0 Å². The molecule has 0 aromatic heterocycles. The Morgan fingerprint density at radius 1 is 1.20 bits per heavy atom. The molecular formula is C13H28N2. The summed E-state index contributed by atoms with van der Waals surface area (Å²) in [5.74, 6) is 0. The first-order chi connectivity index (χ1) is 7.16. The minimum absolute atomic E-state index is 0.562. The third-order valence-corrected chi connectivity index (χ3v) is 3.61. The Bertz CT molecular complexity index is 162. The molecule has 0 saturated carbocycles. The van der Waals surface area contributed by atoms with E-state index in [1.54, 1.807) is 0 Å². The lowest BCUT2D eigenvalue weighted by Crippen LogP contribution is -2.42. The molecular weight excluding hydrogens is 184 g/mol. The van der Waals surface area contributed by atoms with Crippen LogP contribution in [0.2, 0.25) is 0 Å². The van der Waals surface area contributed by atoms with E-state index in [0.29, 0.717) is 5.41 Å². The summed E-state index contributed by atoms with van der Waals surface area (Å²) in [4.78, 5) is 2.53. The summed E-state index contributed by atoms with van der Waals surface area (Å²) < 4.78 is 0. The van der Waals surface area contributed by atoms with Crippen molar-refractivity contribution in [2.45, 2.75) is 46.0 Å². The average Bonchev–Trinajstić information content (AvgIpc) is 2.18. The average molecular weight is 212 g/mol. The van der Waals surface area contributed by atoms with E-state index in [0.717, 1.165) is 0 Å². The van der Waals surface area contributed by atoms with E-state index < -0.39 is 0 Å². The fourth-order valence-electron chi connectivity index (χ4n) is 2.55. The van der Waals surface area contributed by atoms with Gasteiger partial charge in [-0.2, -0.15) is 0 Å². The highest BCUT2D eigenvalue weighted by Crippen LogP contribution is 2.28. The molecule has 2 heteroatoms. The molecule has 1 rings (SSSR count). The summed E-state index contributed by atoms with van der Waals surface area (Å²) >= 11 is 0. The molecule has 1 heterocycles. The standard InChI is InChI=1S/C13H28N2/c1-4-5-6-11-15(3)12-13(2)7-9-14-10-8-13/h14H,4-12H2,1-3H3. The molecule has 1 fully saturated rings. The highest BCUT2D eigenvalue weighted by Gasteiger charge is 2.27. The molecule has 0 spiro atoms. The Labute approximate surface area is 95.4 Å². The van der Waals surface area contributed by atoms with E-state index in [1.165, 1.54) is 58.3 Å². The Kier molecular flexibility index (Phi) is 5.62. The Morgan fingerprint density at radius 2 is 1.87 bits per heavy atom. The van der Waals surface area contributed by atoms with Gasteiger partial charge in [0.2, 0.25) is 0 Å². The van der Waals surface area contributed by atoms with Gasteiger partial charge in [-0.1, -0.05) is 26.7 Å². The van der Waals surface area contributed by atoms with Crippen LogP contribution < -0.4 is 5.32 Å². The smallest absolute Gasteiger partial charge is 0.00332 e. The van der Waals surface area contributed by atoms with Crippen molar-refractivity contribution in [1.29, 1.82) is 0 Å². The van der Waals surface area contributed by atoms with Crippen molar-refractivity contribution in [3.8, 4) is 0 Å². The molecule has 1 aliphatic heterocycles. The number of nitrogens with one attached hydrogen (secondary N) is 1. The van der Waals surface area contributed by atoms with Crippen molar-refractivity contribution >= 4 is 0 Å². The summed E-state index contributed by atoms with van der Waals surface area (Å²) in [5, 5.41) is 3.45. The molecule has 0 unspecified atom stereocenters. The van der Waals surface area contributed by atoms with E-state index >= 15 is 0 Å². The number of unbranched alkanes of at least 4 members (excludes halogenated alkanes) is 2. The van der Waals surface area contributed by atoms with E-state index in [9.17, 15) is 0 Å². The van der Waals surface area contributed by atoms with Gasteiger partial charge in [0, 0.05) is 6.54 Å². The van der Waals surface area contributed by atoms with Crippen molar-refractivity contribution in [2.24, 2.45) is 5.41 Å². The van der Waals surface area contributed by atoms with E-state index in [2.05, 4.69) is 31.1 Å². The molecule has 1 aliphatic rings. The van der Waals surface area contributed by atoms with Crippen LogP contribution in [0.4, 0.5) is 0 Å². The van der Waals surface area contributed by atoms with Crippen LogP contribution in [0.3, 0.4) is 0 Å². The third-order valence-electron chi connectivity index (χ3n) is 3.61. The Balaban J connectivity index is 2.20. The number of hydrogen-bond acceptors (Lipinski definition) is 2. The lowest BCUT2D eigenvalue weighted by Gasteiger charge is -2.37. The maximum Gasteiger partial charge on any atom is 0.00332 e. The molecule has 1 saturated heterocycles. The van der Waals surface area contributed by atoms with Gasteiger partial charge in [-0.15, -0.1) is 0 Å². The molecule has 0 bridgehead atoms. The summed E-state index contributed by atoms with van der Waals surface area (Å²) in [7, 11) is 2.28. The zero-order valence-corrected chi connectivity index (χ0v) is 10.8. The fraction of sp³-hybridized carbons (Fsp3) is 1.00. The summed E-state index contributed by atoms with van der Waals surface area (Å²) in [5.41, 5.74) is 0.562. The summed E-state index contributed by atoms with van der Waals surface area (Å²) in [6, 6.07) is 0. The first kappa shape index (κ1) is 13.0. The molecule has 15 heavy (non-hydrogen) atoms. The van der Waals surface area contributed by atoms with Gasteiger partial charge in [-0.25, -0.2) is 0 Å². The molecule has 2 nitrogen and oxygen atoms in total. The van der Waals surface area contributed by atoms with Crippen LogP contribution in [0, 0.1) is 5.41 Å². The first-order valence-electron chi connectivity index (χ1n) is 6.55. The van der Waals surface area contributed by atoms with Crippen molar-refractivity contribution < 1.29 is 0 Å². The van der Waals surface area contributed by atoms with Crippen LogP contribution in [0.5, 0.6) is 0 Å². The molecule has 0 radical (unpaired) electrons. The van der Waals surface area contributed by atoms with Crippen LogP contribution in [0.1, 0.15) is 46.0 Å². The zero-order chi connectivity index (χ0) is 11.1. The number of nitrogens with zero attached hydrogens (tertiary/aromatic N) is 1. The lowest BCUT2D eigenvalue weighted by atomic mass is 9.80. The quantitative estimate of drug-likeness (QED) is 0.681. The second-order valence-corrected chi connectivity index (χ2v) is 5.51. The predicted octanol–water partition coefficient (Wildman–Crippen LogP) is 2.50. The minimum Gasteiger partial charge on any atom is -0.317 e. The summed E-state index contributed by atoms with van der Waals surface area (Å²) in [6.45, 7) is 9.69. The van der Waals surface area contributed by atoms with E-state index in [-0.39, 0.29) is 0 Å². The maximum absolute atomic E-state index is 3.45. The van der Waals surface area contributed by atoms with Crippen LogP contribution in [0.25, 0.3) is 0 Å². The van der Waals surface area contributed by atoms with Crippen LogP contribution in [-0.2, 0) is 0 Å². The van der Waals surface area contributed by atoms with E-state index in [4.69, 9.17) is 0 Å². The van der Waals surface area contributed by atoms with Crippen LogP contribution in [-0.4, -0.2) is 38.1 Å². The Hall–Kier alpha value is -0.0800. The Morgan fingerprint density at radius 3 is 2.47 bits per heavy atom. The minimum atomic E-state index is 0.562. The molecule has 0 aromatic carbocycles. The van der Waals surface area contributed by atoms with Gasteiger partial charge in [0.25, 0.3) is 0 Å². The van der Waals surface area contributed by atoms with Crippen molar-refractivity contribution in [3.05, 3.63) is 0 Å². The number of piperidine rings is 1. The second-order valence-electron chi connectivity index (χ2n) is 5.51. The van der Waals surface area contributed by atoms with Gasteiger partial charge in [-0.05, 0) is 51.4 Å². The van der Waals surface area contributed by atoms with Gasteiger partial charge >= 0.3 is 0 Å². The molecule has 0 aromatic rings.